The van der Waals surface area contributed by atoms with Crippen molar-refractivity contribution >= 4 is 12.1 Å². The van der Waals surface area contributed by atoms with Gasteiger partial charge in [-0.05, 0) is 51.4 Å². The normalized spacial score (nSPS) is 16.6. The number of hydrogen-bond acceptors (Lipinski definition) is 4. The van der Waals surface area contributed by atoms with Crippen LogP contribution in [0, 0.1) is 0 Å². The highest BCUT2D eigenvalue weighted by molar-refractivity contribution is 5.80. The van der Waals surface area contributed by atoms with Gasteiger partial charge in [0.25, 0.3) is 0 Å². The maximum Gasteiger partial charge on any atom is 0.409 e. The number of benzene rings is 1. The van der Waals surface area contributed by atoms with Crippen LogP contribution >= 0.6 is 0 Å². The van der Waals surface area contributed by atoms with Crippen LogP contribution in [0.3, 0.4) is 0 Å². The Morgan fingerprint density at radius 2 is 1.90 bits per heavy atom. The molecule has 1 unspecified atom stereocenters. The van der Waals surface area contributed by atoms with Crippen LogP contribution in [0.15, 0.2) is 29.3 Å². The van der Waals surface area contributed by atoms with Gasteiger partial charge in [-0.1, -0.05) is 31.2 Å². The third-order valence-electron chi connectivity index (χ3n) is 5.44. The minimum Gasteiger partial charge on any atom is -0.450 e. The number of aliphatic imine (C=N–C) groups is 1. The van der Waals surface area contributed by atoms with E-state index < -0.39 is 0 Å². The predicted octanol–water partition coefficient (Wildman–Crippen LogP) is 2.64. The van der Waals surface area contributed by atoms with Gasteiger partial charge in [0.05, 0.1) is 12.6 Å². The van der Waals surface area contributed by atoms with E-state index in [-0.39, 0.29) is 12.1 Å². The first-order chi connectivity index (χ1) is 14.0. The van der Waals surface area contributed by atoms with E-state index in [1.807, 2.05) is 6.92 Å². The quantitative estimate of drug-likeness (QED) is 0.541. The van der Waals surface area contributed by atoms with Crippen molar-refractivity contribution in [2.45, 2.75) is 45.2 Å². The molecule has 0 saturated carbocycles. The molecular formula is C22H37N5O2. The number of ether oxygens (including phenoxy) is 1. The molecule has 1 atom stereocenters. The maximum absolute atomic E-state index is 11.8. The average molecular weight is 404 g/mol. The molecule has 29 heavy (non-hydrogen) atoms. The average Bonchev–Trinajstić information content (AvgIpc) is 2.73. The van der Waals surface area contributed by atoms with E-state index in [2.05, 4.69) is 65.8 Å². The summed E-state index contributed by atoms with van der Waals surface area (Å²) in [7, 11) is 5.99. The lowest BCUT2D eigenvalue weighted by molar-refractivity contribution is 0.0963. The molecule has 7 nitrogen and oxygen atoms in total. The summed E-state index contributed by atoms with van der Waals surface area (Å²) in [4.78, 5) is 20.2. The van der Waals surface area contributed by atoms with E-state index in [0.717, 1.165) is 31.8 Å². The lowest BCUT2D eigenvalue weighted by Gasteiger charge is -2.33. The zero-order valence-electron chi connectivity index (χ0n) is 18.6. The fourth-order valence-corrected chi connectivity index (χ4v) is 3.58. The number of nitrogens with zero attached hydrogens (tertiary/aromatic N) is 3. The van der Waals surface area contributed by atoms with Crippen molar-refractivity contribution in [3.63, 3.8) is 0 Å². The van der Waals surface area contributed by atoms with Crippen LogP contribution in [0.5, 0.6) is 0 Å². The summed E-state index contributed by atoms with van der Waals surface area (Å²) in [6, 6.07) is 9.39. The van der Waals surface area contributed by atoms with E-state index in [1.165, 1.54) is 11.1 Å². The Bertz CT molecular complexity index is 652. The number of nitrogens with one attached hydrogen (secondary N) is 2. The van der Waals surface area contributed by atoms with Gasteiger partial charge in [0.15, 0.2) is 5.96 Å². The number of rotatable bonds is 7. The van der Waals surface area contributed by atoms with Gasteiger partial charge in [0, 0.05) is 32.7 Å². The zero-order chi connectivity index (χ0) is 21.2. The van der Waals surface area contributed by atoms with Gasteiger partial charge in [-0.25, -0.2) is 4.79 Å². The number of amides is 1. The SMILES string of the molecule is CCOC(=O)N1CCC(NC(=NC)NCC(c2ccc(CC)cc2)N(C)C)CC1. The third kappa shape index (κ3) is 6.92. The molecule has 0 bridgehead atoms. The smallest absolute Gasteiger partial charge is 0.409 e. The fraction of sp³-hybridized carbons (Fsp3) is 0.636. The standard InChI is InChI=1S/C22H37N5O2/c1-6-17-8-10-18(11-9-17)20(26(4)5)16-24-21(23-3)25-19-12-14-27(15-13-19)22(28)29-7-2/h8-11,19-20H,6-7,12-16H2,1-5H3,(H2,23,24,25). The molecule has 0 radical (unpaired) electrons. The van der Waals surface area contributed by atoms with Crippen molar-refractivity contribution in [3.05, 3.63) is 35.4 Å². The number of guanidine groups is 1. The van der Waals surface area contributed by atoms with Gasteiger partial charge in [-0.15, -0.1) is 0 Å². The van der Waals surface area contributed by atoms with Crippen LogP contribution in [0.2, 0.25) is 0 Å². The molecule has 1 aliphatic heterocycles. The molecular weight excluding hydrogens is 366 g/mol. The van der Waals surface area contributed by atoms with Gasteiger partial charge >= 0.3 is 6.09 Å². The van der Waals surface area contributed by atoms with E-state index in [9.17, 15) is 4.79 Å². The number of aryl methyl sites for hydroxylation is 1. The molecule has 2 rings (SSSR count). The molecule has 7 heteroatoms. The first-order valence-electron chi connectivity index (χ1n) is 10.6. The minimum atomic E-state index is -0.212. The molecule has 1 fully saturated rings. The summed E-state index contributed by atoms with van der Waals surface area (Å²) in [5.74, 6) is 0.802. The van der Waals surface area contributed by atoms with E-state index >= 15 is 0 Å². The molecule has 1 aromatic carbocycles. The van der Waals surface area contributed by atoms with Crippen LogP contribution in [0.25, 0.3) is 0 Å². The molecule has 0 aliphatic carbocycles. The van der Waals surface area contributed by atoms with E-state index in [0.29, 0.717) is 25.7 Å². The number of piperidine rings is 1. The lowest BCUT2D eigenvalue weighted by Crippen LogP contribution is -2.50. The molecule has 0 aromatic heterocycles. The van der Waals surface area contributed by atoms with Crippen molar-refractivity contribution in [3.8, 4) is 0 Å². The van der Waals surface area contributed by atoms with Gasteiger partial charge in [0.2, 0.25) is 0 Å². The van der Waals surface area contributed by atoms with Gasteiger partial charge < -0.3 is 25.2 Å². The second-order valence-corrected chi connectivity index (χ2v) is 7.63. The Balaban J connectivity index is 1.86. The number of likely N-dealkylation sites (tertiary alicyclic amines) is 1. The second-order valence-electron chi connectivity index (χ2n) is 7.63. The Morgan fingerprint density at radius 3 is 2.41 bits per heavy atom. The van der Waals surface area contributed by atoms with Crippen molar-refractivity contribution in [2.75, 3.05) is 47.4 Å². The van der Waals surface area contributed by atoms with Gasteiger partial charge in [-0.2, -0.15) is 0 Å². The number of carbonyl (C=O) groups is 1. The van der Waals surface area contributed by atoms with Crippen LogP contribution in [-0.4, -0.2) is 75.3 Å². The van der Waals surface area contributed by atoms with E-state index in [4.69, 9.17) is 4.74 Å². The molecule has 1 saturated heterocycles. The van der Waals surface area contributed by atoms with Crippen molar-refractivity contribution in [1.82, 2.24) is 20.4 Å². The topological polar surface area (TPSA) is 69.2 Å². The summed E-state index contributed by atoms with van der Waals surface area (Å²) in [5, 5.41) is 6.97. The van der Waals surface area contributed by atoms with E-state index in [1.54, 1.807) is 11.9 Å². The Kier molecular flexibility index (Phi) is 9.25. The van der Waals surface area contributed by atoms with Crippen LogP contribution in [0.1, 0.15) is 43.9 Å². The number of hydrogen-bond donors (Lipinski definition) is 2. The summed E-state index contributed by atoms with van der Waals surface area (Å²) >= 11 is 0. The molecule has 0 spiro atoms. The summed E-state index contributed by atoms with van der Waals surface area (Å²) in [6.45, 7) is 6.60. The lowest BCUT2D eigenvalue weighted by atomic mass is 10.0. The Labute approximate surface area is 175 Å². The fourth-order valence-electron chi connectivity index (χ4n) is 3.58. The maximum atomic E-state index is 11.8. The van der Waals surface area contributed by atoms with Crippen LogP contribution < -0.4 is 10.6 Å². The first-order valence-corrected chi connectivity index (χ1v) is 10.6. The summed E-state index contributed by atoms with van der Waals surface area (Å²) in [6.07, 6.45) is 2.61. The highest BCUT2D eigenvalue weighted by Crippen LogP contribution is 2.18. The molecule has 1 amide bonds. The number of carbonyl (C=O) groups excluding carboxylic acids is 1. The Morgan fingerprint density at radius 1 is 1.24 bits per heavy atom. The summed E-state index contributed by atoms with van der Waals surface area (Å²) in [5.41, 5.74) is 2.64. The monoisotopic (exact) mass is 403 g/mol. The predicted molar refractivity (Wildman–Crippen MR) is 118 cm³/mol. The molecule has 1 heterocycles. The minimum absolute atomic E-state index is 0.212. The zero-order valence-corrected chi connectivity index (χ0v) is 18.6. The number of likely N-dealkylation sites (N-methyl/N-ethyl adjacent to an activating group) is 1. The molecule has 1 aromatic rings. The first kappa shape index (κ1) is 23.0. The van der Waals surface area contributed by atoms with Crippen molar-refractivity contribution < 1.29 is 9.53 Å². The Hall–Kier alpha value is -2.28. The molecule has 1 aliphatic rings. The van der Waals surface area contributed by atoms with Gasteiger partial charge in [0.1, 0.15) is 0 Å². The van der Waals surface area contributed by atoms with Crippen molar-refractivity contribution in [1.29, 1.82) is 0 Å². The highest BCUT2D eigenvalue weighted by Gasteiger charge is 2.24. The van der Waals surface area contributed by atoms with Crippen LogP contribution in [0.4, 0.5) is 4.79 Å². The van der Waals surface area contributed by atoms with Crippen molar-refractivity contribution in [2.24, 2.45) is 4.99 Å². The second kappa shape index (κ2) is 11.7. The molecule has 2 N–H and O–H groups in total. The van der Waals surface area contributed by atoms with Crippen LogP contribution in [-0.2, 0) is 11.2 Å². The third-order valence-corrected chi connectivity index (χ3v) is 5.44. The van der Waals surface area contributed by atoms with Gasteiger partial charge in [-0.3, -0.25) is 4.99 Å². The molecule has 162 valence electrons. The largest absolute Gasteiger partial charge is 0.450 e. The highest BCUT2D eigenvalue weighted by atomic mass is 16.6. The summed E-state index contributed by atoms with van der Waals surface area (Å²) < 4.78 is 5.09.